The predicted molar refractivity (Wildman–Crippen MR) is 158 cm³/mol. The van der Waals surface area contributed by atoms with E-state index in [1.165, 1.54) is 62.6 Å². The van der Waals surface area contributed by atoms with Gasteiger partial charge in [-0.3, -0.25) is 9.13 Å². The van der Waals surface area contributed by atoms with Crippen molar-refractivity contribution in [3.8, 4) is 0 Å². The molecular formula is C32H14F5N7. The molecule has 0 N–H and O–H groups in total. The van der Waals surface area contributed by atoms with E-state index in [9.17, 15) is 17.6 Å². The predicted octanol–water partition coefficient (Wildman–Crippen LogP) is 7.36. The van der Waals surface area contributed by atoms with Crippen LogP contribution in [0.5, 0.6) is 0 Å². The fourth-order valence-electron chi connectivity index (χ4n) is 6.02. The van der Waals surface area contributed by atoms with Crippen LogP contribution in [0.1, 0.15) is 0 Å². The van der Waals surface area contributed by atoms with Gasteiger partial charge in [-0.1, -0.05) is 0 Å². The van der Waals surface area contributed by atoms with Crippen molar-refractivity contribution in [2.75, 3.05) is 0 Å². The number of hydrogen-bond acceptors (Lipinski definition) is 5. The Morgan fingerprint density at radius 1 is 0.432 bits per heavy atom. The molecular weight excluding hydrogens is 577 g/mol. The van der Waals surface area contributed by atoms with Crippen molar-refractivity contribution >= 4 is 67.3 Å². The molecule has 12 heteroatoms. The lowest BCUT2D eigenvalue weighted by Crippen LogP contribution is -2.43. The number of halogens is 5. The van der Waals surface area contributed by atoms with Crippen molar-refractivity contribution in [3.63, 3.8) is 0 Å². The Morgan fingerprint density at radius 2 is 0.841 bits per heavy atom. The number of rotatable bonds is 0. The Balaban J connectivity index is 1.33. The monoisotopic (exact) mass is 591 g/mol. The quantitative estimate of drug-likeness (QED) is 0.170. The highest BCUT2D eigenvalue weighted by Crippen LogP contribution is 2.35. The largest absolute Gasteiger partial charge is 0.278 e. The highest BCUT2D eigenvalue weighted by Gasteiger charge is 2.34. The number of hydrogen-bond donors (Lipinski definition) is 0. The van der Waals surface area contributed by atoms with Gasteiger partial charge in [0.15, 0.2) is 0 Å². The first kappa shape index (κ1) is 24.7. The summed E-state index contributed by atoms with van der Waals surface area (Å²) in [6.45, 7) is 0. The van der Waals surface area contributed by atoms with Gasteiger partial charge in [0.05, 0.1) is 22.1 Å². The third-order valence-corrected chi connectivity index (χ3v) is 7.80. The number of benzene rings is 4. The molecule has 4 aromatic carbocycles. The maximum atomic E-state index is 15.0. The lowest BCUT2D eigenvalue weighted by Gasteiger charge is -2.32. The minimum absolute atomic E-state index is 0.00983. The first-order valence-corrected chi connectivity index (χ1v) is 13.4. The number of aromatic nitrogens is 2. The SMILES string of the molecule is FC1=CC2=NC(n3c4cc(F)ccc4c4ccc(F)cc43)=NC3=NC(n4c5cc(F)ccc5c5ccc(F)cc54)=NC(=C1)N23. The zero-order valence-corrected chi connectivity index (χ0v) is 22.1. The van der Waals surface area contributed by atoms with Gasteiger partial charge < -0.3 is 0 Å². The normalized spacial score (nSPS) is 16.2. The van der Waals surface area contributed by atoms with Crippen LogP contribution >= 0.6 is 0 Å². The lowest BCUT2D eigenvalue weighted by molar-refractivity contribution is 0.628. The first-order chi connectivity index (χ1) is 21.3. The average Bonchev–Trinajstić information content (AvgIpc) is 3.46. The number of nitrogens with zero attached hydrogens (tertiary/aromatic N) is 7. The van der Waals surface area contributed by atoms with Crippen molar-refractivity contribution in [2.45, 2.75) is 0 Å². The molecule has 0 fully saturated rings. The summed E-state index contributed by atoms with van der Waals surface area (Å²) in [5.74, 6) is -2.69. The summed E-state index contributed by atoms with van der Waals surface area (Å²) in [6, 6.07) is 16.6. The lowest BCUT2D eigenvalue weighted by atomic mass is 10.1. The molecule has 44 heavy (non-hydrogen) atoms. The summed E-state index contributed by atoms with van der Waals surface area (Å²) in [5.41, 5.74) is 1.43. The minimum Gasteiger partial charge on any atom is -0.278 e. The Labute approximate surface area is 243 Å². The molecule has 7 nitrogen and oxygen atoms in total. The third kappa shape index (κ3) is 3.41. The van der Waals surface area contributed by atoms with E-state index in [-0.39, 0.29) is 29.5 Å². The standard InChI is InChI=1S/C32H14F5N7/c33-15-1-5-20-21-6-2-16(34)10-25(21)42(24(20)9-15)30-38-28-13-19(37)14-29-39-31(41-32(40-30)44(28)29)43-26-11-17(35)3-7-22(26)23-8-4-18(36)12-27(23)43/h1-14H. The summed E-state index contributed by atoms with van der Waals surface area (Å²) in [7, 11) is 0. The van der Waals surface area contributed by atoms with E-state index in [1.807, 2.05) is 0 Å². The molecule has 0 saturated heterocycles. The van der Waals surface area contributed by atoms with E-state index in [0.29, 0.717) is 43.6 Å². The summed E-state index contributed by atoms with van der Waals surface area (Å²) in [5, 5.41) is 2.50. The van der Waals surface area contributed by atoms with Crippen LogP contribution < -0.4 is 0 Å². The molecule has 2 aromatic heterocycles. The maximum absolute atomic E-state index is 15.0. The molecule has 5 heterocycles. The Hall–Kier alpha value is -5.91. The maximum Gasteiger partial charge on any atom is 0.243 e. The number of guanidine groups is 1. The molecule has 0 radical (unpaired) electrons. The molecule has 0 atom stereocenters. The summed E-state index contributed by atoms with van der Waals surface area (Å²) < 4.78 is 76.0. The molecule has 6 aromatic rings. The fourth-order valence-corrected chi connectivity index (χ4v) is 6.02. The summed E-state index contributed by atoms with van der Waals surface area (Å²) in [6.07, 6.45) is 2.32. The van der Waals surface area contributed by atoms with Gasteiger partial charge in [0.1, 0.15) is 40.8 Å². The van der Waals surface area contributed by atoms with E-state index in [1.54, 1.807) is 24.3 Å². The molecule has 0 saturated carbocycles. The van der Waals surface area contributed by atoms with Gasteiger partial charge in [-0.25, -0.2) is 26.9 Å². The molecule has 9 rings (SSSR count). The molecule has 0 aliphatic carbocycles. The molecule has 0 unspecified atom stereocenters. The van der Waals surface area contributed by atoms with E-state index >= 15 is 4.39 Å². The van der Waals surface area contributed by atoms with Crippen LogP contribution in [0.3, 0.4) is 0 Å². The highest BCUT2D eigenvalue weighted by molar-refractivity contribution is 6.25. The van der Waals surface area contributed by atoms with Gasteiger partial charge in [0, 0.05) is 33.7 Å². The van der Waals surface area contributed by atoms with Gasteiger partial charge in [-0.05, 0) is 72.8 Å². The number of fused-ring (bicyclic) bond motifs is 6. The second-order valence-corrected chi connectivity index (χ2v) is 10.4. The van der Waals surface area contributed by atoms with Crippen molar-refractivity contribution < 1.29 is 22.0 Å². The number of aliphatic imine (C=N–C) groups is 4. The zero-order chi connectivity index (χ0) is 29.9. The van der Waals surface area contributed by atoms with Crippen LogP contribution in [0.4, 0.5) is 22.0 Å². The number of amidine groups is 1. The fraction of sp³-hybridized carbons (Fsp3) is 0. The van der Waals surface area contributed by atoms with Crippen molar-refractivity contribution in [1.29, 1.82) is 0 Å². The second-order valence-electron chi connectivity index (χ2n) is 10.4. The molecule has 0 bridgehead atoms. The van der Waals surface area contributed by atoms with Gasteiger partial charge in [-0.2, -0.15) is 20.0 Å². The average molecular weight is 592 g/mol. The molecule has 212 valence electrons. The van der Waals surface area contributed by atoms with E-state index in [2.05, 4.69) is 20.0 Å². The van der Waals surface area contributed by atoms with Crippen LogP contribution in [0.25, 0.3) is 43.6 Å². The smallest absolute Gasteiger partial charge is 0.243 e. The van der Waals surface area contributed by atoms with Crippen LogP contribution in [0.15, 0.2) is 117 Å². The van der Waals surface area contributed by atoms with Crippen molar-refractivity contribution in [3.05, 3.63) is 120 Å². The van der Waals surface area contributed by atoms with Crippen molar-refractivity contribution in [1.82, 2.24) is 14.0 Å². The topological polar surface area (TPSA) is 62.5 Å². The van der Waals surface area contributed by atoms with E-state index in [0.717, 1.165) is 12.2 Å². The van der Waals surface area contributed by atoms with Crippen LogP contribution in [-0.4, -0.2) is 37.7 Å². The van der Waals surface area contributed by atoms with Crippen molar-refractivity contribution in [2.24, 2.45) is 20.0 Å². The molecule has 0 spiro atoms. The molecule has 3 aliphatic heterocycles. The third-order valence-electron chi connectivity index (χ3n) is 7.80. The van der Waals surface area contributed by atoms with Crippen LogP contribution in [0, 0.1) is 23.3 Å². The van der Waals surface area contributed by atoms with Gasteiger partial charge >= 0.3 is 0 Å². The van der Waals surface area contributed by atoms with Gasteiger partial charge in [0.2, 0.25) is 17.9 Å². The van der Waals surface area contributed by atoms with Gasteiger partial charge in [0.25, 0.3) is 0 Å². The second kappa shape index (κ2) is 8.57. The Kier molecular flexibility index (Phi) is 4.80. The summed E-state index contributed by atoms with van der Waals surface area (Å²) >= 11 is 0. The Morgan fingerprint density at radius 3 is 1.30 bits per heavy atom. The molecule has 0 amide bonds. The first-order valence-electron chi connectivity index (χ1n) is 13.4. The Bertz CT molecular complexity index is 2270. The van der Waals surface area contributed by atoms with E-state index < -0.39 is 29.1 Å². The van der Waals surface area contributed by atoms with Gasteiger partial charge in [-0.15, -0.1) is 0 Å². The van der Waals surface area contributed by atoms with E-state index in [4.69, 9.17) is 0 Å². The summed E-state index contributed by atoms with van der Waals surface area (Å²) in [4.78, 5) is 19.8. The molecule has 3 aliphatic rings. The minimum atomic E-state index is -0.667. The van der Waals surface area contributed by atoms with Crippen LogP contribution in [0.2, 0.25) is 0 Å². The highest BCUT2D eigenvalue weighted by atomic mass is 19.1. The zero-order valence-electron chi connectivity index (χ0n) is 22.1. The van der Waals surface area contributed by atoms with Crippen LogP contribution in [-0.2, 0) is 0 Å². The number of allylic oxidation sites excluding steroid dienone is 2.